The van der Waals surface area contributed by atoms with Gasteiger partial charge < -0.3 is 15.4 Å². The van der Waals surface area contributed by atoms with Crippen LogP contribution in [0.25, 0.3) is 0 Å². The van der Waals surface area contributed by atoms with Gasteiger partial charge in [0.05, 0.1) is 11.8 Å². The number of hydrogen-bond donors (Lipinski definition) is 1. The number of halogens is 3. The van der Waals surface area contributed by atoms with E-state index in [0.29, 0.717) is 12.1 Å². The van der Waals surface area contributed by atoms with E-state index in [4.69, 9.17) is 10.5 Å². The maximum Gasteiger partial charge on any atom is 0.405 e. The molecule has 0 atom stereocenters. The number of rotatable bonds is 6. The van der Waals surface area contributed by atoms with Crippen LogP contribution in [0.3, 0.4) is 0 Å². The van der Waals surface area contributed by atoms with Crippen LogP contribution in [0.1, 0.15) is 27.2 Å². The molecule has 0 aliphatic rings. The third kappa shape index (κ3) is 5.14. The molecule has 0 bridgehead atoms. The summed E-state index contributed by atoms with van der Waals surface area (Å²) in [5.41, 5.74) is 6.02. The maximum absolute atomic E-state index is 12.6. The number of ether oxygens (including phenoxy) is 1. The predicted octanol–water partition coefficient (Wildman–Crippen LogP) is 3.23. The molecule has 20 heavy (non-hydrogen) atoms. The Bertz CT molecular complexity index is 435. The van der Waals surface area contributed by atoms with E-state index in [2.05, 4.69) is 4.98 Å². The van der Waals surface area contributed by atoms with E-state index < -0.39 is 12.7 Å². The Morgan fingerprint density at radius 3 is 2.50 bits per heavy atom. The third-order valence-corrected chi connectivity index (χ3v) is 2.41. The fourth-order valence-corrected chi connectivity index (χ4v) is 1.70. The standard InChI is InChI=1S/C13H20F3N3O/c1-4-7-19(8-13(14,15)16)11-6-5-10(17)12(18-11)20-9(2)3/h5-6,9H,4,7-8,17H2,1-3H3. The van der Waals surface area contributed by atoms with Crippen LogP contribution in [0.15, 0.2) is 12.1 Å². The van der Waals surface area contributed by atoms with Crippen LogP contribution in [0.2, 0.25) is 0 Å². The van der Waals surface area contributed by atoms with Crippen molar-refractivity contribution in [1.82, 2.24) is 4.98 Å². The Labute approximate surface area is 116 Å². The summed E-state index contributed by atoms with van der Waals surface area (Å²) in [6, 6.07) is 2.99. The molecule has 0 unspecified atom stereocenters. The van der Waals surface area contributed by atoms with Crippen LogP contribution in [0, 0.1) is 0 Å². The van der Waals surface area contributed by atoms with E-state index in [9.17, 15) is 13.2 Å². The van der Waals surface area contributed by atoms with Gasteiger partial charge in [-0.25, -0.2) is 0 Å². The van der Waals surface area contributed by atoms with Crippen molar-refractivity contribution in [2.45, 2.75) is 39.5 Å². The lowest BCUT2D eigenvalue weighted by Gasteiger charge is -2.25. The zero-order valence-electron chi connectivity index (χ0n) is 11.9. The zero-order valence-corrected chi connectivity index (χ0v) is 11.9. The van der Waals surface area contributed by atoms with E-state index in [1.54, 1.807) is 13.8 Å². The quantitative estimate of drug-likeness (QED) is 0.874. The molecule has 0 aromatic carbocycles. The smallest absolute Gasteiger partial charge is 0.405 e. The highest BCUT2D eigenvalue weighted by Gasteiger charge is 2.31. The molecule has 1 aromatic heterocycles. The minimum atomic E-state index is -4.28. The fraction of sp³-hybridized carbons (Fsp3) is 0.615. The summed E-state index contributed by atoms with van der Waals surface area (Å²) in [5, 5.41) is 0. The van der Waals surface area contributed by atoms with Crippen molar-refractivity contribution in [3.05, 3.63) is 12.1 Å². The monoisotopic (exact) mass is 291 g/mol. The summed E-state index contributed by atoms with van der Waals surface area (Å²) in [6.07, 6.45) is -3.85. The van der Waals surface area contributed by atoms with E-state index in [0.717, 1.165) is 0 Å². The molecular weight excluding hydrogens is 271 g/mol. The van der Waals surface area contributed by atoms with E-state index >= 15 is 0 Å². The molecule has 0 radical (unpaired) electrons. The first-order valence-corrected chi connectivity index (χ1v) is 6.47. The number of nitrogens with zero attached hydrogens (tertiary/aromatic N) is 2. The zero-order chi connectivity index (χ0) is 15.3. The van der Waals surface area contributed by atoms with Gasteiger partial charge in [-0.15, -0.1) is 0 Å². The summed E-state index contributed by atoms with van der Waals surface area (Å²) in [6.45, 7) is 4.63. The Balaban J connectivity index is 3.01. The lowest BCUT2D eigenvalue weighted by molar-refractivity contribution is -0.119. The molecule has 114 valence electrons. The molecular formula is C13H20F3N3O. The number of alkyl halides is 3. The van der Waals surface area contributed by atoms with Crippen molar-refractivity contribution in [2.24, 2.45) is 0 Å². The van der Waals surface area contributed by atoms with E-state index in [1.807, 2.05) is 6.92 Å². The topological polar surface area (TPSA) is 51.4 Å². The molecule has 0 aliphatic heterocycles. The summed E-state index contributed by atoms with van der Waals surface area (Å²) in [7, 11) is 0. The minimum Gasteiger partial charge on any atom is -0.473 e. The van der Waals surface area contributed by atoms with E-state index in [-0.39, 0.29) is 24.3 Å². The van der Waals surface area contributed by atoms with Crippen molar-refractivity contribution in [3.8, 4) is 5.88 Å². The SMILES string of the molecule is CCCN(CC(F)(F)F)c1ccc(N)c(OC(C)C)n1. The lowest BCUT2D eigenvalue weighted by atomic mass is 10.3. The first kappa shape index (κ1) is 16.4. The molecule has 0 saturated carbocycles. The maximum atomic E-state index is 12.6. The summed E-state index contributed by atoms with van der Waals surface area (Å²) < 4.78 is 43.1. The van der Waals surface area contributed by atoms with Crippen LogP contribution in [-0.2, 0) is 0 Å². The van der Waals surface area contributed by atoms with Gasteiger partial charge in [-0.05, 0) is 32.4 Å². The summed E-state index contributed by atoms with van der Waals surface area (Å²) in [5.74, 6) is 0.384. The molecule has 0 fully saturated rings. The molecule has 1 rings (SSSR count). The minimum absolute atomic E-state index is 0.151. The Kier molecular flexibility index (Phi) is 5.47. The van der Waals surface area contributed by atoms with Crippen LogP contribution in [-0.4, -0.2) is 30.4 Å². The highest BCUT2D eigenvalue weighted by atomic mass is 19.4. The molecule has 1 aromatic rings. The van der Waals surface area contributed by atoms with Crippen molar-refractivity contribution < 1.29 is 17.9 Å². The largest absolute Gasteiger partial charge is 0.473 e. The van der Waals surface area contributed by atoms with Crippen LogP contribution >= 0.6 is 0 Å². The van der Waals surface area contributed by atoms with Gasteiger partial charge in [0.25, 0.3) is 0 Å². The average Bonchev–Trinajstić information content (AvgIpc) is 2.29. The van der Waals surface area contributed by atoms with Gasteiger partial charge in [-0.2, -0.15) is 18.2 Å². The number of pyridine rings is 1. The number of anilines is 2. The molecule has 2 N–H and O–H groups in total. The predicted molar refractivity (Wildman–Crippen MR) is 73.0 cm³/mol. The molecule has 1 heterocycles. The number of nitrogen functional groups attached to an aromatic ring is 1. The van der Waals surface area contributed by atoms with Crippen LogP contribution in [0.5, 0.6) is 5.88 Å². The van der Waals surface area contributed by atoms with Gasteiger partial charge in [0.1, 0.15) is 12.4 Å². The number of hydrogen-bond acceptors (Lipinski definition) is 4. The second kappa shape index (κ2) is 6.67. The Morgan fingerprint density at radius 2 is 2.00 bits per heavy atom. The van der Waals surface area contributed by atoms with Crippen molar-refractivity contribution in [2.75, 3.05) is 23.7 Å². The normalized spacial score (nSPS) is 11.8. The molecule has 0 amide bonds. The van der Waals surface area contributed by atoms with Crippen LogP contribution < -0.4 is 15.4 Å². The third-order valence-electron chi connectivity index (χ3n) is 2.41. The van der Waals surface area contributed by atoms with Gasteiger partial charge in [0, 0.05) is 6.54 Å². The van der Waals surface area contributed by atoms with Gasteiger partial charge in [0.15, 0.2) is 0 Å². The second-order valence-corrected chi connectivity index (χ2v) is 4.77. The fourth-order valence-electron chi connectivity index (χ4n) is 1.70. The van der Waals surface area contributed by atoms with Crippen molar-refractivity contribution in [3.63, 3.8) is 0 Å². The molecule has 0 saturated heterocycles. The van der Waals surface area contributed by atoms with Crippen molar-refractivity contribution in [1.29, 1.82) is 0 Å². The molecule has 0 aliphatic carbocycles. The summed E-state index contributed by atoms with van der Waals surface area (Å²) in [4.78, 5) is 5.27. The summed E-state index contributed by atoms with van der Waals surface area (Å²) >= 11 is 0. The first-order valence-electron chi connectivity index (χ1n) is 6.47. The number of nitrogens with two attached hydrogens (primary N) is 1. The Hall–Kier alpha value is -1.66. The van der Waals surface area contributed by atoms with Gasteiger partial charge in [-0.1, -0.05) is 6.92 Å². The second-order valence-electron chi connectivity index (χ2n) is 4.77. The van der Waals surface area contributed by atoms with Gasteiger partial charge in [-0.3, -0.25) is 0 Å². The van der Waals surface area contributed by atoms with Crippen LogP contribution in [0.4, 0.5) is 24.7 Å². The molecule has 7 heteroatoms. The van der Waals surface area contributed by atoms with Gasteiger partial charge in [0.2, 0.25) is 5.88 Å². The van der Waals surface area contributed by atoms with Crippen molar-refractivity contribution >= 4 is 11.5 Å². The van der Waals surface area contributed by atoms with Gasteiger partial charge >= 0.3 is 6.18 Å². The average molecular weight is 291 g/mol. The first-order chi connectivity index (χ1) is 9.23. The highest BCUT2D eigenvalue weighted by molar-refractivity contribution is 5.54. The molecule has 4 nitrogen and oxygen atoms in total. The number of aromatic nitrogens is 1. The Morgan fingerprint density at radius 1 is 1.35 bits per heavy atom. The lowest BCUT2D eigenvalue weighted by Crippen LogP contribution is -2.35. The highest BCUT2D eigenvalue weighted by Crippen LogP contribution is 2.26. The van der Waals surface area contributed by atoms with E-state index in [1.165, 1.54) is 17.0 Å². The molecule has 0 spiro atoms.